The van der Waals surface area contributed by atoms with E-state index in [0.717, 1.165) is 0 Å². The number of carboxylic acid groups (broad SMARTS) is 1. The van der Waals surface area contributed by atoms with Crippen molar-refractivity contribution in [2.45, 2.75) is 19.4 Å². The highest BCUT2D eigenvalue weighted by molar-refractivity contribution is 5.68. The van der Waals surface area contributed by atoms with Crippen LogP contribution >= 0.6 is 0 Å². The molecule has 1 amide bonds. The fraction of sp³-hybridized carbons (Fsp3) is 0.500. The van der Waals surface area contributed by atoms with Gasteiger partial charge in [0.2, 0.25) is 6.41 Å². The van der Waals surface area contributed by atoms with Crippen molar-refractivity contribution in [1.82, 2.24) is 4.90 Å². The zero-order chi connectivity index (χ0) is 9.56. The Morgan fingerprint density at radius 3 is 2.67 bits per heavy atom. The molecule has 1 atom stereocenters. The van der Waals surface area contributed by atoms with Crippen molar-refractivity contribution in [3.05, 3.63) is 12.7 Å². The van der Waals surface area contributed by atoms with Gasteiger partial charge in [-0.25, -0.2) is 0 Å². The number of amides is 1. The molecule has 12 heavy (non-hydrogen) atoms. The summed E-state index contributed by atoms with van der Waals surface area (Å²) in [6.45, 7) is 5.54. The summed E-state index contributed by atoms with van der Waals surface area (Å²) < 4.78 is 0. The maximum Gasteiger partial charge on any atom is 0.305 e. The van der Waals surface area contributed by atoms with E-state index in [0.29, 0.717) is 13.0 Å². The zero-order valence-electron chi connectivity index (χ0n) is 7.06. The van der Waals surface area contributed by atoms with E-state index < -0.39 is 5.97 Å². The first-order valence-corrected chi connectivity index (χ1v) is 3.65. The van der Waals surface area contributed by atoms with E-state index in [2.05, 4.69) is 6.58 Å². The molecular formula is C8H13NO3. The highest BCUT2D eigenvalue weighted by Crippen LogP contribution is 2.00. The molecule has 0 aliphatic rings. The van der Waals surface area contributed by atoms with Crippen molar-refractivity contribution in [3.63, 3.8) is 0 Å². The summed E-state index contributed by atoms with van der Waals surface area (Å²) in [7, 11) is 0. The van der Waals surface area contributed by atoms with E-state index >= 15 is 0 Å². The van der Waals surface area contributed by atoms with Crippen molar-refractivity contribution in [2.75, 3.05) is 6.54 Å². The van der Waals surface area contributed by atoms with Crippen molar-refractivity contribution >= 4 is 12.4 Å². The third-order valence-electron chi connectivity index (χ3n) is 1.51. The van der Waals surface area contributed by atoms with Crippen LogP contribution < -0.4 is 0 Å². The van der Waals surface area contributed by atoms with E-state index in [1.54, 1.807) is 13.0 Å². The lowest BCUT2D eigenvalue weighted by atomic mass is 10.2. The molecule has 0 aromatic heterocycles. The first-order chi connectivity index (χ1) is 5.61. The molecule has 1 N–H and O–H groups in total. The molecule has 0 spiro atoms. The molecule has 0 aliphatic carbocycles. The Hall–Kier alpha value is -1.32. The summed E-state index contributed by atoms with van der Waals surface area (Å²) in [4.78, 5) is 22.1. The van der Waals surface area contributed by atoms with Gasteiger partial charge in [-0.3, -0.25) is 9.59 Å². The van der Waals surface area contributed by atoms with Crippen molar-refractivity contribution in [1.29, 1.82) is 0 Å². The lowest BCUT2D eigenvalue weighted by Crippen LogP contribution is -2.33. The molecule has 0 fully saturated rings. The molecule has 0 saturated heterocycles. The molecule has 0 bridgehead atoms. The number of carbonyl (C=O) groups is 2. The van der Waals surface area contributed by atoms with Gasteiger partial charge in [0, 0.05) is 12.6 Å². The first kappa shape index (κ1) is 10.7. The second-order valence-corrected chi connectivity index (χ2v) is 2.54. The maximum absolute atomic E-state index is 10.4. The van der Waals surface area contributed by atoms with Crippen molar-refractivity contribution in [3.8, 4) is 0 Å². The second-order valence-electron chi connectivity index (χ2n) is 2.54. The second kappa shape index (κ2) is 5.35. The van der Waals surface area contributed by atoms with Crippen LogP contribution in [0.1, 0.15) is 13.3 Å². The molecule has 0 aliphatic heterocycles. The molecule has 68 valence electrons. The van der Waals surface area contributed by atoms with E-state index in [4.69, 9.17) is 5.11 Å². The third kappa shape index (κ3) is 3.75. The Morgan fingerprint density at radius 2 is 2.33 bits per heavy atom. The number of carbonyl (C=O) groups excluding carboxylic acids is 1. The van der Waals surface area contributed by atoms with Crippen molar-refractivity contribution < 1.29 is 14.7 Å². The smallest absolute Gasteiger partial charge is 0.305 e. The van der Waals surface area contributed by atoms with E-state index in [1.807, 2.05) is 0 Å². The SMILES string of the molecule is C=CCN(C=O)C(C)CC(=O)O. The summed E-state index contributed by atoms with van der Waals surface area (Å²) in [6, 6.07) is -0.280. The molecule has 0 rings (SSSR count). The lowest BCUT2D eigenvalue weighted by Gasteiger charge is -2.21. The van der Waals surface area contributed by atoms with Crippen LogP contribution in [0.3, 0.4) is 0 Å². The van der Waals surface area contributed by atoms with Gasteiger partial charge in [0.25, 0.3) is 0 Å². The number of nitrogens with zero attached hydrogens (tertiary/aromatic N) is 1. The summed E-state index contributed by atoms with van der Waals surface area (Å²) in [5.41, 5.74) is 0. The molecule has 0 radical (unpaired) electrons. The minimum absolute atomic E-state index is 0.0351. The zero-order valence-corrected chi connectivity index (χ0v) is 7.06. The van der Waals surface area contributed by atoms with Gasteiger partial charge in [-0.1, -0.05) is 6.08 Å². The fourth-order valence-corrected chi connectivity index (χ4v) is 0.846. The summed E-state index contributed by atoms with van der Waals surface area (Å²) >= 11 is 0. The van der Waals surface area contributed by atoms with E-state index in [1.165, 1.54) is 4.90 Å². The molecule has 4 nitrogen and oxygen atoms in total. The number of carboxylic acids is 1. The lowest BCUT2D eigenvalue weighted by molar-refractivity contribution is -0.138. The van der Waals surface area contributed by atoms with Crippen LogP contribution in [0, 0.1) is 0 Å². The standard InChI is InChI=1S/C8H13NO3/c1-3-4-9(6-10)7(2)5-8(11)12/h3,6-7H,1,4-5H2,2H3,(H,11,12). The normalized spacial score (nSPS) is 11.8. The van der Waals surface area contributed by atoms with E-state index in [9.17, 15) is 9.59 Å². The molecular weight excluding hydrogens is 158 g/mol. The van der Waals surface area contributed by atoms with Gasteiger partial charge in [0.15, 0.2) is 0 Å². The Balaban J connectivity index is 4.00. The van der Waals surface area contributed by atoms with Gasteiger partial charge in [0.1, 0.15) is 0 Å². The average Bonchev–Trinajstić information content (AvgIpc) is 1.98. The quantitative estimate of drug-likeness (QED) is 0.467. The monoisotopic (exact) mass is 171 g/mol. The van der Waals surface area contributed by atoms with Gasteiger partial charge in [-0.15, -0.1) is 6.58 Å². The Labute approximate surface area is 71.5 Å². The van der Waals surface area contributed by atoms with Crippen LogP contribution in [0.25, 0.3) is 0 Å². The molecule has 0 saturated carbocycles. The largest absolute Gasteiger partial charge is 0.481 e. The molecule has 0 aromatic carbocycles. The highest BCUT2D eigenvalue weighted by atomic mass is 16.4. The van der Waals surface area contributed by atoms with Gasteiger partial charge in [-0.05, 0) is 6.92 Å². The topological polar surface area (TPSA) is 57.6 Å². The molecule has 1 unspecified atom stereocenters. The molecule has 0 heterocycles. The predicted molar refractivity (Wildman–Crippen MR) is 44.7 cm³/mol. The minimum atomic E-state index is -0.904. The fourth-order valence-electron chi connectivity index (χ4n) is 0.846. The average molecular weight is 171 g/mol. The van der Waals surface area contributed by atoms with Gasteiger partial charge < -0.3 is 10.0 Å². The highest BCUT2D eigenvalue weighted by Gasteiger charge is 2.13. The Morgan fingerprint density at radius 1 is 1.75 bits per heavy atom. The third-order valence-corrected chi connectivity index (χ3v) is 1.51. The van der Waals surface area contributed by atoms with E-state index in [-0.39, 0.29) is 12.5 Å². The van der Waals surface area contributed by atoms with Crippen LogP contribution in [-0.4, -0.2) is 35.0 Å². The number of hydrogen-bond acceptors (Lipinski definition) is 2. The number of hydrogen-bond donors (Lipinski definition) is 1. The minimum Gasteiger partial charge on any atom is -0.481 e. The maximum atomic E-state index is 10.4. The summed E-state index contributed by atoms with van der Waals surface area (Å²) in [5.74, 6) is -0.904. The van der Waals surface area contributed by atoms with Crippen molar-refractivity contribution in [2.24, 2.45) is 0 Å². The van der Waals surface area contributed by atoms with Gasteiger partial charge in [-0.2, -0.15) is 0 Å². The van der Waals surface area contributed by atoms with Crippen LogP contribution in [0.4, 0.5) is 0 Å². The van der Waals surface area contributed by atoms with Gasteiger partial charge >= 0.3 is 5.97 Å². The Bertz CT molecular complexity index is 179. The number of aliphatic carboxylic acids is 1. The van der Waals surface area contributed by atoms with Crippen LogP contribution in [-0.2, 0) is 9.59 Å². The first-order valence-electron chi connectivity index (χ1n) is 3.65. The van der Waals surface area contributed by atoms with Crippen LogP contribution in [0.2, 0.25) is 0 Å². The van der Waals surface area contributed by atoms with Gasteiger partial charge in [0.05, 0.1) is 6.42 Å². The molecule has 4 heteroatoms. The van der Waals surface area contributed by atoms with Crippen LogP contribution in [0.5, 0.6) is 0 Å². The summed E-state index contributed by atoms with van der Waals surface area (Å²) in [6.07, 6.45) is 2.16. The number of rotatable bonds is 6. The summed E-state index contributed by atoms with van der Waals surface area (Å²) in [5, 5.41) is 8.43. The molecule has 0 aromatic rings. The van der Waals surface area contributed by atoms with Crippen LogP contribution in [0.15, 0.2) is 12.7 Å². The predicted octanol–water partition coefficient (Wildman–Crippen LogP) is 0.494. The Kier molecular flexibility index (Phi) is 4.76.